The third kappa shape index (κ3) is 3.64. The van der Waals surface area contributed by atoms with Crippen LogP contribution in [0.5, 0.6) is 0 Å². The van der Waals surface area contributed by atoms with Crippen molar-refractivity contribution < 1.29 is 9.53 Å². The van der Waals surface area contributed by atoms with Gasteiger partial charge in [0, 0.05) is 12.1 Å². The van der Waals surface area contributed by atoms with Gasteiger partial charge in [0.25, 0.3) is 0 Å². The first-order valence-corrected chi connectivity index (χ1v) is 4.71. The second kappa shape index (κ2) is 5.47. The van der Waals surface area contributed by atoms with Crippen molar-refractivity contribution in [2.75, 3.05) is 0 Å². The largest absolute Gasteiger partial charge is 0.415 e. The second-order valence-corrected chi connectivity index (χ2v) is 3.63. The topological polar surface area (TPSA) is 29.5 Å². The molecule has 0 aromatic carbocycles. The van der Waals surface area contributed by atoms with E-state index in [1.165, 1.54) is 6.08 Å². The molecule has 0 fully saturated rings. The molecule has 0 saturated carbocycles. The van der Waals surface area contributed by atoms with E-state index in [1.54, 1.807) is 4.90 Å². The minimum absolute atomic E-state index is 0.111. The van der Waals surface area contributed by atoms with Crippen molar-refractivity contribution in [1.29, 1.82) is 0 Å². The van der Waals surface area contributed by atoms with Gasteiger partial charge in [-0.1, -0.05) is 13.2 Å². The number of amides is 1. The van der Waals surface area contributed by atoms with Crippen LogP contribution in [0.2, 0.25) is 0 Å². The third-order valence-corrected chi connectivity index (χ3v) is 1.77. The molecule has 3 heteroatoms. The molecule has 1 amide bonds. The van der Waals surface area contributed by atoms with Crippen molar-refractivity contribution in [3.8, 4) is 0 Å². The van der Waals surface area contributed by atoms with Crippen LogP contribution in [0.15, 0.2) is 25.0 Å². The first kappa shape index (κ1) is 12.8. The quantitative estimate of drug-likeness (QED) is 0.512. The van der Waals surface area contributed by atoms with Crippen LogP contribution >= 0.6 is 0 Å². The van der Waals surface area contributed by atoms with Gasteiger partial charge >= 0.3 is 6.09 Å². The molecule has 0 spiro atoms. The monoisotopic (exact) mass is 197 g/mol. The molecule has 0 radical (unpaired) electrons. The highest BCUT2D eigenvalue weighted by Crippen LogP contribution is 2.09. The van der Waals surface area contributed by atoms with Gasteiger partial charge in [0.05, 0.1) is 0 Å². The van der Waals surface area contributed by atoms with Crippen molar-refractivity contribution in [2.24, 2.45) is 0 Å². The maximum atomic E-state index is 11.6. The summed E-state index contributed by atoms with van der Waals surface area (Å²) in [6.45, 7) is 14.8. The molecular formula is C11H19NO2. The number of ether oxygens (including phenoxy) is 1. The number of carbonyl (C=O) groups excluding carboxylic acids is 1. The Morgan fingerprint density at radius 3 is 2.00 bits per heavy atom. The van der Waals surface area contributed by atoms with E-state index in [1.807, 2.05) is 27.7 Å². The normalized spacial score (nSPS) is 10.1. The Hall–Kier alpha value is -1.25. The fourth-order valence-electron chi connectivity index (χ4n) is 1.22. The lowest BCUT2D eigenvalue weighted by Gasteiger charge is -2.29. The Kier molecular flexibility index (Phi) is 4.99. The van der Waals surface area contributed by atoms with Crippen molar-refractivity contribution in [3.63, 3.8) is 0 Å². The van der Waals surface area contributed by atoms with Crippen LogP contribution in [0.4, 0.5) is 4.79 Å². The average molecular weight is 197 g/mol. The van der Waals surface area contributed by atoms with Crippen molar-refractivity contribution >= 4 is 6.09 Å². The fourth-order valence-corrected chi connectivity index (χ4v) is 1.22. The summed E-state index contributed by atoms with van der Waals surface area (Å²) in [7, 11) is 0. The molecule has 0 aromatic heterocycles. The smallest absolute Gasteiger partial charge is 0.411 e. The van der Waals surface area contributed by atoms with Crippen LogP contribution in [0.1, 0.15) is 27.7 Å². The van der Waals surface area contributed by atoms with Gasteiger partial charge in [-0.15, -0.1) is 0 Å². The fraction of sp³-hybridized carbons (Fsp3) is 0.545. The van der Waals surface area contributed by atoms with E-state index in [4.69, 9.17) is 4.74 Å². The van der Waals surface area contributed by atoms with E-state index in [0.29, 0.717) is 0 Å². The number of hydrogen-bond donors (Lipinski definition) is 0. The average Bonchev–Trinajstić information content (AvgIpc) is 2.02. The molecule has 0 atom stereocenters. The highest BCUT2D eigenvalue weighted by Gasteiger charge is 2.21. The van der Waals surface area contributed by atoms with Gasteiger partial charge in [-0.3, -0.25) is 0 Å². The van der Waals surface area contributed by atoms with Gasteiger partial charge < -0.3 is 9.64 Å². The molecule has 14 heavy (non-hydrogen) atoms. The van der Waals surface area contributed by atoms with Crippen LogP contribution in [0.25, 0.3) is 0 Å². The molecule has 0 aromatic rings. The lowest BCUT2D eigenvalue weighted by Crippen LogP contribution is -2.42. The van der Waals surface area contributed by atoms with Crippen LogP contribution in [-0.4, -0.2) is 23.1 Å². The summed E-state index contributed by atoms with van der Waals surface area (Å²) < 4.78 is 4.96. The van der Waals surface area contributed by atoms with Crippen LogP contribution in [0, 0.1) is 0 Å². The zero-order chi connectivity index (χ0) is 11.3. The van der Waals surface area contributed by atoms with E-state index in [0.717, 1.165) is 0 Å². The SMILES string of the molecule is C=CC(=C)OC(=O)N(C(C)C)C(C)C. The molecule has 3 nitrogen and oxygen atoms in total. The van der Waals surface area contributed by atoms with Crippen molar-refractivity contribution in [2.45, 2.75) is 39.8 Å². The van der Waals surface area contributed by atoms with E-state index in [2.05, 4.69) is 13.2 Å². The zero-order valence-corrected chi connectivity index (χ0v) is 9.41. The summed E-state index contributed by atoms with van der Waals surface area (Å²) >= 11 is 0. The predicted molar refractivity (Wildman–Crippen MR) is 57.9 cm³/mol. The lowest BCUT2D eigenvalue weighted by molar-refractivity contribution is 0.104. The second-order valence-electron chi connectivity index (χ2n) is 3.63. The Morgan fingerprint density at radius 2 is 1.71 bits per heavy atom. The molecule has 0 unspecified atom stereocenters. The van der Waals surface area contributed by atoms with E-state index < -0.39 is 0 Å². The Balaban J connectivity index is 4.45. The minimum atomic E-state index is -0.375. The van der Waals surface area contributed by atoms with Gasteiger partial charge in [0.1, 0.15) is 5.76 Å². The molecule has 0 saturated heterocycles. The highest BCUT2D eigenvalue weighted by atomic mass is 16.6. The van der Waals surface area contributed by atoms with Gasteiger partial charge in [0.15, 0.2) is 0 Å². The van der Waals surface area contributed by atoms with Crippen molar-refractivity contribution in [3.05, 3.63) is 25.0 Å². The number of nitrogens with zero attached hydrogens (tertiary/aromatic N) is 1. The van der Waals surface area contributed by atoms with Gasteiger partial charge in [-0.2, -0.15) is 0 Å². The van der Waals surface area contributed by atoms with Crippen LogP contribution in [0.3, 0.4) is 0 Å². The molecule has 0 aliphatic rings. The molecule has 0 rings (SSSR count). The Labute approximate surface area is 86.0 Å². The summed E-state index contributed by atoms with van der Waals surface area (Å²) in [5, 5.41) is 0. The molecule has 0 bridgehead atoms. The first-order valence-electron chi connectivity index (χ1n) is 4.71. The number of allylic oxidation sites excluding steroid dienone is 1. The van der Waals surface area contributed by atoms with Gasteiger partial charge in [-0.05, 0) is 33.8 Å². The first-order chi connectivity index (χ1) is 6.40. The standard InChI is InChI=1S/C11H19NO2/c1-7-10(6)14-11(13)12(8(2)3)9(4)5/h7-9H,1,6H2,2-5H3. The molecule has 0 aliphatic heterocycles. The summed E-state index contributed by atoms with van der Waals surface area (Å²) in [6.07, 6.45) is 1.04. The van der Waals surface area contributed by atoms with E-state index in [9.17, 15) is 4.79 Å². The van der Waals surface area contributed by atoms with Gasteiger partial charge in [-0.25, -0.2) is 4.79 Å². The summed E-state index contributed by atoms with van der Waals surface area (Å²) in [4.78, 5) is 13.2. The van der Waals surface area contributed by atoms with E-state index >= 15 is 0 Å². The van der Waals surface area contributed by atoms with E-state index in [-0.39, 0.29) is 23.9 Å². The Morgan fingerprint density at radius 1 is 1.29 bits per heavy atom. The zero-order valence-electron chi connectivity index (χ0n) is 9.41. The molecule has 0 N–H and O–H groups in total. The Bertz CT molecular complexity index is 223. The number of rotatable bonds is 4. The van der Waals surface area contributed by atoms with Crippen molar-refractivity contribution in [1.82, 2.24) is 4.90 Å². The molecular weight excluding hydrogens is 178 g/mol. The summed E-state index contributed by atoms with van der Waals surface area (Å²) in [6, 6.07) is 0.222. The molecule has 0 heterocycles. The predicted octanol–water partition coefficient (Wildman–Crippen LogP) is 2.94. The van der Waals surface area contributed by atoms with Gasteiger partial charge in [0.2, 0.25) is 0 Å². The third-order valence-electron chi connectivity index (χ3n) is 1.77. The maximum absolute atomic E-state index is 11.6. The number of carbonyl (C=O) groups is 1. The number of hydrogen-bond acceptors (Lipinski definition) is 2. The molecule has 80 valence electrons. The van der Waals surface area contributed by atoms with Crippen LogP contribution < -0.4 is 0 Å². The van der Waals surface area contributed by atoms with Crippen LogP contribution in [-0.2, 0) is 4.74 Å². The highest BCUT2D eigenvalue weighted by molar-refractivity contribution is 5.69. The minimum Gasteiger partial charge on any atom is -0.411 e. The summed E-state index contributed by atoms with van der Waals surface area (Å²) in [5.74, 6) is 0.279. The molecule has 0 aliphatic carbocycles. The maximum Gasteiger partial charge on any atom is 0.415 e. The summed E-state index contributed by atoms with van der Waals surface area (Å²) in [5.41, 5.74) is 0. The lowest BCUT2D eigenvalue weighted by atomic mass is 10.2.